The summed E-state index contributed by atoms with van der Waals surface area (Å²) in [7, 11) is 0. The Morgan fingerprint density at radius 1 is 1.67 bits per heavy atom. The first-order valence-electron chi connectivity index (χ1n) is 2.78. The number of thioether (sulfide) groups is 1. The molecule has 0 aromatic rings. The van der Waals surface area contributed by atoms with E-state index in [4.69, 9.17) is 0 Å². The SMILES string of the molecule is C1=CN2CC=NC=C2S1. The molecule has 46 valence electrons. The third-order valence-corrected chi connectivity index (χ3v) is 2.12. The minimum Gasteiger partial charge on any atom is -0.335 e. The molecule has 9 heavy (non-hydrogen) atoms. The fraction of sp³-hybridized carbons (Fsp3) is 0.167. The summed E-state index contributed by atoms with van der Waals surface area (Å²) in [6.45, 7) is 0.926. The molecule has 0 amide bonds. The number of aliphatic imine (C=N–C) groups is 1. The first-order valence-corrected chi connectivity index (χ1v) is 3.66. The molecule has 3 heteroatoms. The van der Waals surface area contributed by atoms with Gasteiger partial charge in [-0.15, -0.1) is 0 Å². The molecule has 0 fully saturated rings. The third-order valence-electron chi connectivity index (χ3n) is 1.28. The summed E-state index contributed by atoms with van der Waals surface area (Å²) in [5.41, 5.74) is 0. The molecule has 2 heterocycles. The molecule has 0 N–H and O–H groups in total. The normalized spacial score (nSPS) is 22.2. The molecule has 0 radical (unpaired) electrons. The highest BCUT2D eigenvalue weighted by atomic mass is 32.2. The van der Waals surface area contributed by atoms with Crippen LogP contribution in [0.15, 0.2) is 27.8 Å². The summed E-state index contributed by atoms with van der Waals surface area (Å²) < 4.78 is 0. The van der Waals surface area contributed by atoms with Gasteiger partial charge in [0, 0.05) is 12.4 Å². The topological polar surface area (TPSA) is 15.6 Å². The van der Waals surface area contributed by atoms with Crippen LogP contribution in [0.25, 0.3) is 0 Å². The van der Waals surface area contributed by atoms with E-state index in [-0.39, 0.29) is 0 Å². The van der Waals surface area contributed by atoms with Crippen LogP contribution < -0.4 is 0 Å². The average Bonchev–Trinajstić information content (AvgIpc) is 2.33. The van der Waals surface area contributed by atoms with Crippen LogP contribution in [0.5, 0.6) is 0 Å². The lowest BCUT2D eigenvalue weighted by atomic mass is 10.5. The predicted molar refractivity (Wildman–Crippen MR) is 40.0 cm³/mol. The van der Waals surface area contributed by atoms with Crippen LogP contribution in [0, 0.1) is 0 Å². The van der Waals surface area contributed by atoms with E-state index in [9.17, 15) is 0 Å². The van der Waals surface area contributed by atoms with Crippen molar-refractivity contribution in [3.8, 4) is 0 Å². The molecule has 0 saturated heterocycles. The molecule has 0 spiro atoms. The van der Waals surface area contributed by atoms with Crippen LogP contribution in [-0.2, 0) is 0 Å². The van der Waals surface area contributed by atoms with Gasteiger partial charge in [0.2, 0.25) is 0 Å². The quantitative estimate of drug-likeness (QED) is 0.502. The minimum atomic E-state index is 0.926. The maximum absolute atomic E-state index is 4.03. The van der Waals surface area contributed by atoms with Gasteiger partial charge in [0.25, 0.3) is 0 Å². The molecule has 2 aliphatic rings. The lowest BCUT2D eigenvalue weighted by Gasteiger charge is -2.15. The lowest BCUT2D eigenvalue weighted by Crippen LogP contribution is -2.16. The van der Waals surface area contributed by atoms with Crippen molar-refractivity contribution in [2.24, 2.45) is 4.99 Å². The van der Waals surface area contributed by atoms with Crippen LogP contribution in [0.4, 0.5) is 0 Å². The van der Waals surface area contributed by atoms with E-state index in [0.29, 0.717) is 0 Å². The fourth-order valence-electron chi connectivity index (χ4n) is 0.822. The molecule has 0 saturated carbocycles. The van der Waals surface area contributed by atoms with E-state index in [1.807, 2.05) is 12.4 Å². The van der Waals surface area contributed by atoms with Gasteiger partial charge < -0.3 is 4.90 Å². The predicted octanol–water partition coefficient (Wildman–Crippen LogP) is 1.39. The molecule has 0 aromatic carbocycles. The second-order valence-electron chi connectivity index (χ2n) is 1.85. The van der Waals surface area contributed by atoms with Crippen molar-refractivity contribution in [2.75, 3.05) is 6.54 Å². The van der Waals surface area contributed by atoms with E-state index in [0.717, 1.165) is 6.54 Å². The van der Waals surface area contributed by atoms with Crippen molar-refractivity contribution in [3.63, 3.8) is 0 Å². The summed E-state index contributed by atoms with van der Waals surface area (Å²) in [5, 5.41) is 3.30. The van der Waals surface area contributed by atoms with Gasteiger partial charge in [-0.2, -0.15) is 0 Å². The molecule has 0 unspecified atom stereocenters. The Balaban J connectivity index is 2.29. The number of fused-ring (bicyclic) bond motifs is 1. The Hall–Kier alpha value is -0.700. The first-order chi connectivity index (χ1) is 4.47. The highest BCUT2D eigenvalue weighted by Crippen LogP contribution is 2.29. The van der Waals surface area contributed by atoms with Gasteiger partial charge >= 0.3 is 0 Å². The van der Waals surface area contributed by atoms with Crippen LogP contribution >= 0.6 is 11.8 Å². The fourth-order valence-corrected chi connectivity index (χ4v) is 1.56. The largest absolute Gasteiger partial charge is 0.335 e. The second kappa shape index (κ2) is 1.92. The first kappa shape index (κ1) is 5.11. The highest BCUT2D eigenvalue weighted by Gasteiger charge is 2.12. The molecule has 0 aromatic heterocycles. The van der Waals surface area contributed by atoms with E-state index in [1.54, 1.807) is 11.8 Å². The van der Waals surface area contributed by atoms with Gasteiger partial charge in [0.1, 0.15) is 0 Å². The zero-order chi connectivity index (χ0) is 6.10. The van der Waals surface area contributed by atoms with Gasteiger partial charge in [0.05, 0.1) is 17.8 Å². The minimum absolute atomic E-state index is 0.926. The zero-order valence-corrected chi connectivity index (χ0v) is 5.64. The highest BCUT2D eigenvalue weighted by molar-refractivity contribution is 8.06. The Labute approximate surface area is 58.0 Å². The monoisotopic (exact) mass is 138 g/mol. The molecule has 2 aliphatic heterocycles. The molecule has 0 aliphatic carbocycles. The van der Waals surface area contributed by atoms with E-state index in [2.05, 4.69) is 21.5 Å². The Morgan fingerprint density at radius 2 is 2.67 bits per heavy atom. The van der Waals surface area contributed by atoms with Gasteiger partial charge in [0.15, 0.2) is 0 Å². The summed E-state index contributed by atoms with van der Waals surface area (Å²) in [6.07, 6.45) is 5.86. The van der Waals surface area contributed by atoms with Crippen molar-refractivity contribution in [3.05, 3.63) is 22.8 Å². The molecule has 2 rings (SSSR count). The summed E-state index contributed by atoms with van der Waals surface area (Å²) in [6, 6.07) is 0. The van der Waals surface area contributed by atoms with Gasteiger partial charge in [-0.1, -0.05) is 11.8 Å². The molecule has 0 bridgehead atoms. The van der Waals surface area contributed by atoms with Gasteiger partial charge in [-0.25, -0.2) is 0 Å². The lowest BCUT2D eigenvalue weighted by molar-refractivity contribution is 0.573. The van der Waals surface area contributed by atoms with Crippen LogP contribution in [-0.4, -0.2) is 17.7 Å². The zero-order valence-electron chi connectivity index (χ0n) is 4.82. The number of rotatable bonds is 0. The van der Waals surface area contributed by atoms with E-state index in [1.165, 1.54) is 5.03 Å². The summed E-state index contributed by atoms with van der Waals surface area (Å²) in [5.74, 6) is 0. The van der Waals surface area contributed by atoms with E-state index >= 15 is 0 Å². The van der Waals surface area contributed by atoms with Crippen molar-refractivity contribution in [1.82, 2.24) is 4.90 Å². The van der Waals surface area contributed by atoms with Crippen LogP contribution in [0.3, 0.4) is 0 Å². The van der Waals surface area contributed by atoms with Crippen molar-refractivity contribution < 1.29 is 0 Å². The van der Waals surface area contributed by atoms with Crippen molar-refractivity contribution in [1.29, 1.82) is 0 Å². The summed E-state index contributed by atoms with van der Waals surface area (Å²) >= 11 is 1.72. The van der Waals surface area contributed by atoms with Crippen LogP contribution in [0.2, 0.25) is 0 Å². The molecular weight excluding hydrogens is 132 g/mol. The standard InChI is InChI=1S/C6H6N2S/c1-2-8-3-4-9-6(8)5-7-1/h1,3-5H,2H2. The molecular formula is C6H6N2S. The number of hydrogen-bond donors (Lipinski definition) is 0. The van der Waals surface area contributed by atoms with Gasteiger partial charge in [-0.05, 0) is 5.41 Å². The maximum atomic E-state index is 4.03. The van der Waals surface area contributed by atoms with Crippen LogP contribution in [0.1, 0.15) is 0 Å². The van der Waals surface area contributed by atoms with Gasteiger partial charge in [-0.3, -0.25) is 4.99 Å². The maximum Gasteiger partial charge on any atom is 0.0980 e. The van der Waals surface area contributed by atoms with Crippen molar-refractivity contribution >= 4 is 18.0 Å². The van der Waals surface area contributed by atoms with E-state index < -0.39 is 0 Å². The second-order valence-corrected chi connectivity index (χ2v) is 2.78. The average molecular weight is 138 g/mol. The Kier molecular flexibility index (Phi) is 1.09. The van der Waals surface area contributed by atoms with Crippen molar-refractivity contribution in [2.45, 2.75) is 0 Å². The number of hydrogen-bond acceptors (Lipinski definition) is 3. The Bertz CT molecular complexity index is 205. The third kappa shape index (κ3) is 0.772. The summed E-state index contributed by atoms with van der Waals surface area (Å²) in [4.78, 5) is 6.19. The molecule has 2 nitrogen and oxygen atoms in total. The Morgan fingerprint density at radius 3 is 3.56 bits per heavy atom. The molecule has 0 atom stereocenters. The smallest absolute Gasteiger partial charge is 0.0980 e. The number of nitrogens with zero attached hydrogens (tertiary/aromatic N) is 2.